The van der Waals surface area contributed by atoms with Gasteiger partial charge in [0.2, 0.25) is 0 Å². The fourth-order valence-corrected chi connectivity index (χ4v) is 5.12. The largest absolute Gasteiger partial charge is 0.467 e. The molecule has 0 spiro atoms. The SMILES string of the molecule is CC1Cc2ccccc2N1Cc1occc1C(=O)N(C)Cc1ccccc1N1CCCC1. The van der Waals surface area contributed by atoms with Crippen LogP contribution in [0.3, 0.4) is 0 Å². The number of amides is 1. The molecule has 5 rings (SSSR count). The Labute approximate surface area is 190 Å². The lowest BCUT2D eigenvalue weighted by Crippen LogP contribution is -2.31. The Morgan fingerprint density at radius 1 is 1.03 bits per heavy atom. The van der Waals surface area contributed by atoms with E-state index in [-0.39, 0.29) is 5.91 Å². The van der Waals surface area contributed by atoms with Gasteiger partial charge in [-0.25, -0.2) is 0 Å². The van der Waals surface area contributed by atoms with Crippen LogP contribution in [0.2, 0.25) is 0 Å². The van der Waals surface area contributed by atoms with E-state index in [1.165, 1.54) is 35.3 Å². The summed E-state index contributed by atoms with van der Waals surface area (Å²) in [7, 11) is 1.88. The van der Waals surface area contributed by atoms with Crippen molar-refractivity contribution >= 4 is 17.3 Å². The lowest BCUT2D eigenvalue weighted by molar-refractivity contribution is 0.0783. The van der Waals surface area contributed by atoms with Crippen molar-refractivity contribution in [2.75, 3.05) is 29.9 Å². The Balaban J connectivity index is 1.33. The first-order chi connectivity index (χ1) is 15.6. The molecule has 5 nitrogen and oxygen atoms in total. The normalized spacial score (nSPS) is 17.6. The number of benzene rings is 2. The van der Waals surface area contributed by atoms with Gasteiger partial charge in [0.15, 0.2) is 0 Å². The second kappa shape index (κ2) is 8.73. The van der Waals surface area contributed by atoms with Gasteiger partial charge in [0.1, 0.15) is 5.76 Å². The van der Waals surface area contributed by atoms with E-state index < -0.39 is 0 Å². The van der Waals surface area contributed by atoms with Crippen molar-refractivity contribution in [3.63, 3.8) is 0 Å². The molecular weight excluding hydrogens is 398 g/mol. The molecule has 1 amide bonds. The molecule has 5 heteroatoms. The van der Waals surface area contributed by atoms with Crippen LogP contribution >= 0.6 is 0 Å². The molecule has 0 aliphatic carbocycles. The highest BCUT2D eigenvalue weighted by Crippen LogP contribution is 2.34. The number of carbonyl (C=O) groups is 1. The molecule has 1 unspecified atom stereocenters. The van der Waals surface area contributed by atoms with Crippen LogP contribution in [0.1, 0.15) is 47.0 Å². The molecule has 3 aromatic rings. The molecule has 2 aliphatic heterocycles. The average molecular weight is 430 g/mol. The van der Waals surface area contributed by atoms with Crippen molar-refractivity contribution in [3.05, 3.63) is 83.3 Å². The van der Waals surface area contributed by atoms with E-state index in [4.69, 9.17) is 4.42 Å². The van der Waals surface area contributed by atoms with E-state index in [0.717, 1.165) is 25.3 Å². The molecule has 1 saturated heterocycles. The van der Waals surface area contributed by atoms with E-state index in [0.29, 0.717) is 24.7 Å². The van der Waals surface area contributed by atoms with Crippen LogP contribution in [-0.2, 0) is 19.5 Å². The number of para-hydroxylation sites is 2. The Hall–Kier alpha value is -3.21. The zero-order valence-corrected chi connectivity index (χ0v) is 19.0. The predicted octanol–water partition coefficient (Wildman–Crippen LogP) is 5.10. The summed E-state index contributed by atoms with van der Waals surface area (Å²) in [4.78, 5) is 20.0. The van der Waals surface area contributed by atoms with Crippen LogP contribution in [0.15, 0.2) is 65.3 Å². The molecule has 2 aliphatic rings. The van der Waals surface area contributed by atoms with Gasteiger partial charge in [-0.3, -0.25) is 4.79 Å². The number of carbonyl (C=O) groups excluding carboxylic acids is 1. The minimum Gasteiger partial charge on any atom is -0.467 e. The molecule has 0 radical (unpaired) electrons. The summed E-state index contributed by atoms with van der Waals surface area (Å²) < 4.78 is 5.82. The van der Waals surface area contributed by atoms with Crippen molar-refractivity contribution in [1.29, 1.82) is 0 Å². The Morgan fingerprint density at radius 3 is 2.56 bits per heavy atom. The highest BCUT2D eigenvalue weighted by Gasteiger charge is 2.29. The van der Waals surface area contributed by atoms with Gasteiger partial charge in [0.25, 0.3) is 5.91 Å². The number of hydrogen-bond acceptors (Lipinski definition) is 4. The summed E-state index contributed by atoms with van der Waals surface area (Å²) in [6.07, 6.45) is 5.13. The van der Waals surface area contributed by atoms with Crippen LogP contribution in [0.25, 0.3) is 0 Å². The standard InChI is InChI=1S/C27H31N3O2/c1-20-17-21-9-3-6-12-25(21)30(20)19-26-23(13-16-32-26)27(31)28(2)18-22-10-4-5-11-24(22)29-14-7-8-15-29/h3-6,9-13,16,20H,7-8,14-15,17-19H2,1-2H3. The molecule has 1 atom stereocenters. The van der Waals surface area contributed by atoms with E-state index >= 15 is 0 Å². The molecule has 0 bridgehead atoms. The van der Waals surface area contributed by atoms with Gasteiger partial charge in [0, 0.05) is 44.1 Å². The number of furan rings is 1. The molecule has 2 aromatic carbocycles. The lowest BCUT2D eigenvalue weighted by Gasteiger charge is -2.26. The van der Waals surface area contributed by atoms with Crippen LogP contribution in [0, 0.1) is 0 Å². The molecule has 32 heavy (non-hydrogen) atoms. The average Bonchev–Trinajstić information content (AvgIpc) is 3.55. The summed E-state index contributed by atoms with van der Waals surface area (Å²) in [5, 5.41) is 0. The summed E-state index contributed by atoms with van der Waals surface area (Å²) >= 11 is 0. The van der Waals surface area contributed by atoms with Crippen LogP contribution in [0.4, 0.5) is 11.4 Å². The maximum Gasteiger partial charge on any atom is 0.257 e. The summed E-state index contributed by atoms with van der Waals surface area (Å²) in [5.74, 6) is 0.739. The van der Waals surface area contributed by atoms with Crippen LogP contribution in [0.5, 0.6) is 0 Å². The Kier molecular flexibility index (Phi) is 5.64. The maximum atomic E-state index is 13.4. The summed E-state index contributed by atoms with van der Waals surface area (Å²) in [6.45, 7) is 5.60. The van der Waals surface area contributed by atoms with Crippen molar-refractivity contribution < 1.29 is 9.21 Å². The Bertz CT molecular complexity index is 1100. The zero-order valence-electron chi connectivity index (χ0n) is 19.0. The minimum atomic E-state index is 0.00473. The molecule has 166 valence electrons. The van der Waals surface area contributed by atoms with E-state index in [9.17, 15) is 4.79 Å². The van der Waals surface area contributed by atoms with Gasteiger partial charge in [-0.2, -0.15) is 0 Å². The van der Waals surface area contributed by atoms with Crippen molar-refractivity contribution in [2.24, 2.45) is 0 Å². The second-order valence-corrected chi connectivity index (χ2v) is 9.05. The van der Waals surface area contributed by atoms with Crippen LogP contribution < -0.4 is 9.80 Å². The smallest absolute Gasteiger partial charge is 0.257 e. The maximum absolute atomic E-state index is 13.4. The number of rotatable bonds is 6. The second-order valence-electron chi connectivity index (χ2n) is 9.05. The lowest BCUT2D eigenvalue weighted by atomic mass is 10.1. The molecule has 3 heterocycles. The number of fused-ring (bicyclic) bond motifs is 1. The number of anilines is 2. The fourth-order valence-electron chi connectivity index (χ4n) is 5.12. The first-order valence-corrected chi connectivity index (χ1v) is 11.6. The van der Waals surface area contributed by atoms with Gasteiger partial charge in [-0.1, -0.05) is 36.4 Å². The highest BCUT2D eigenvalue weighted by molar-refractivity contribution is 5.95. The Morgan fingerprint density at radius 2 is 1.75 bits per heavy atom. The van der Waals surface area contributed by atoms with Gasteiger partial charge in [0.05, 0.1) is 18.4 Å². The minimum absolute atomic E-state index is 0.00473. The van der Waals surface area contributed by atoms with Crippen molar-refractivity contribution in [3.8, 4) is 0 Å². The van der Waals surface area contributed by atoms with Crippen molar-refractivity contribution in [1.82, 2.24) is 4.90 Å². The third-order valence-electron chi connectivity index (χ3n) is 6.83. The highest BCUT2D eigenvalue weighted by atomic mass is 16.3. The van der Waals surface area contributed by atoms with Gasteiger partial charge >= 0.3 is 0 Å². The molecule has 0 saturated carbocycles. The zero-order chi connectivity index (χ0) is 22.1. The van der Waals surface area contributed by atoms with Crippen LogP contribution in [-0.4, -0.2) is 37.0 Å². The fraction of sp³-hybridized carbons (Fsp3) is 0.370. The van der Waals surface area contributed by atoms with Gasteiger partial charge in [-0.15, -0.1) is 0 Å². The topological polar surface area (TPSA) is 39.9 Å². The van der Waals surface area contributed by atoms with E-state index in [1.54, 1.807) is 6.26 Å². The third kappa shape index (κ3) is 3.88. The first kappa shape index (κ1) is 20.7. The predicted molar refractivity (Wildman–Crippen MR) is 128 cm³/mol. The number of nitrogens with zero attached hydrogens (tertiary/aromatic N) is 3. The third-order valence-corrected chi connectivity index (χ3v) is 6.83. The monoisotopic (exact) mass is 429 g/mol. The summed E-state index contributed by atoms with van der Waals surface area (Å²) in [5.41, 5.74) is 5.69. The van der Waals surface area contributed by atoms with Crippen molar-refractivity contribution in [2.45, 2.75) is 45.3 Å². The van der Waals surface area contributed by atoms with Gasteiger partial charge in [-0.05, 0) is 55.5 Å². The quantitative estimate of drug-likeness (QED) is 0.546. The van der Waals surface area contributed by atoms with E-state index in [2.05, 4.69) is 65.3 Å². The molecular formula is C27H31N3O2. The number of hydrogen-bond donors (Lipinski definition) is 0. The van der Waals surface area contributed by atoms with Gasteiger partial charge < -0.3 is 19.1 Å². The summed E-state index contributed by atoms with van der Waals surface area (Å²) in [6, 6.07) is 19.2. The molecule has 1 fully saturated rings. The molecule has 1 aromatic heterocycles. The first-order valence-electron chi connectivity index (χ1n) is 11.6. The van der Waals surface area contributed by atoms with E-state index in [1.807, 2.05) is 18.0 Å². The molecule has 0 N–H and O–H groups in total.